The Balaban J connectivity index is 2.10. The fourth-order valence-electron chi connectivity index (χ4n) is 1.93. The predicted molar refractivity (Wildman–Crippen MR) is 81.4 cm³/mol. The van der Waals surface area contributed by atoms with E-state index in [-0.39, 0.29) is 0 Å². The summed E-state index contributed by atoms with van der Waals surface area (Å²) in [6.07, 6.45) is 1.82. The molecule has 0 amide bonds. The molecule has 0 atom stereocenters. The Hall–Kier alpha value is -1.81. The smallest absolute Gasteiger partial charge is 0.134 e. The fourth-order valence-corrected chi connectivity index (χ4v) is 2.13. The Bertz CT molecular complexity index is 575. The fraction of sp³-hybridized carbons (Fsp3) is 0.333. The molecule has 1 N–H and O–H groups in total. The van der Waals surface area contributed by atoms with Crippen molar-refractivity contribution in [3.05, 3.63) is 46.9 Å². The summed E-state index contributed by atoms with van der Waals surface area (Å²) in [5, 5.41) is 3.72. The number of nitrogens with one attached hydrogen (secondary N) is 1. The highest BCUT2D eigenvalue weighted by atomic mass is 35.5. The molecule has 0 radical (unpaired) electrons. The molecule has 1 aromatic carbocycles. The number of nitrogens with zero attached hydrogens (tertiary/aromatic N) is 2. The zero-order chi connectivity index (χ0) is 14.4. The summed E-state index contributed by atoms with van der Waals surface area (Å²) < 4.78 is 5.32. The molecule has 0 bridgehead atoms. The van der Waals surface area contributed by atoms with E-state index in [1.807, 2.05) is 24.3 Å². The number of benzene rings is 1. The first-order valence-electron chi connectivity index (χ1n) is 6.62. The standard InChI is InChI=1S/C15H18ClN3O/c1-3-6-14-18-13(16)9-15(19-14)17-10-11-7-4-5-8-12(11)20-2/h4-5,7-9H,3,6,10H2,1-2H3,(H,17,18,19). The lowest BCUT2D eigenvalue weighted by Crippen LogP contribution is -2.05. The number of ether oxygens (including phenoxy) is 1. The van der Waals surface area contributed by atoms with Gasteiger partial charge in [0.05, 0.1) is 7.11 Å². The van der Waals surface area contributed by atoms with Crippen LogP contribution in [-0.4, -0.2) is 17.1 Å². The molecule has 0 fully saturated rings. The van der Waals surface area contributed by atoms with Crippen LogP contribution in [0.25, 0.3) is 0 Å². The molecule has 1 heterocycles. The van der Waals surface area contributed by atoms with Crippen molar-refractivity contribution in [2.24, 2.45) is 0 Å². The summed E-state index contributed by atoms with van der Waals surface area (Å²) in [6, 6.07) is 9.61. The van der Waals surface area contributed by atoms with Gasteiger partial charge in [-0.25, -0.2) is 9.97 Å². The van der Waals surface area contributed by atoms with E-state index in [0.717, 1.165) is 35.8 Å². The van der Waals surface area contributed by atoms with Crippen molar-refractivity contribution in [3.8, 4) is 5.75 Å². The molecule has 0 aliphatic heterocycles. The summed E-state index contributed by atoms with van der Waals surface area (Å²) in [5.41, 5.74) is 1.07. The van der Waals surface area contributed by atoms with Gasteiger partial charge in [0.15, 0.2) is 0 Å². The molecule has 1 aromatic heterocycles. The van der Waals surface area contributed by atoms with E-state index in [2.05, 4.69) is 22.2 Å². The molecule has 0 aliphatic rings. The SMILES string of the molecule is CCCc1nc(Cl)cc(NCc2ccccc2OC)n1. The van der Waals surface area contributed by atoms with Gasteiger partial charge < -0.3 is 10.1 Å². The van der Waals surface area contributed by atoms with Gasteiger partial charge >= 0.3 is 0 Å². The number of anilines is 1. The maximum absolute atomic E-state index is 6.01. The first-order chi connectivity index (χ1) is 9.72. The molecule has 5 heteroatoms. The van der Waals surface area contributed by atoms with Gasteiger partial charge in [-0.1, -0.05) is 36.7 Å². The van der Waals surface area contributed by atoms with Crippen LogP contribution in [0.1, 0.15) is 24.7 Å². The lowest BCUT2D eigenvalue weighted by molar-refractivity contribution is 0.410. The zero-order valence-corrected chi connectivity index (χ0v) is 12.4. The maximum atomic E-state index is 6.01. The van der Waals surface area contributed by atoms with Crippen molar-refractivity contribution in [3.63, 3.8) is 0 Å². The highest BCUT2D eigenvalue weighted by Crippen LogP contribution is 2.19. The molecular weight excluding hydrogens is 274 g/mol. The Morgan fingerprint density at radius 3 is 2.80 bits per heavy atom. The normalized spacial score (nSPS) is 10.3. The van der Waals surface area contributed by atoms with Crippen LogP contribution < -0.4 is 10.1 Å². The number of para-hydroxylation sites is 1. The molecule has 2 aromatic rings. The van der Waals surface area contributed by atoms with E-state index in [9.17, 15) is 0 Å². The molecule has 106 valence electrons. The van der Waals surface area contributed by atoms with Crippen LogP contribution in [0.4, 0.5) is 5.82 Å². The molecule has 0 spiro atoms. The molecule has 0 aliphatic carbocycles. The van der Waals surface area contributed by atoms with Crippen LogP contribution in [0.5, 0.6) is 5.75 Å². The highest BCUT2D eigenvalue weighted by Gasteiger charge is 2.05. The summed E-state index contributed by atoms with van der Waals surface area (Å²) in [5.74, 6) is 2.36. The summed E-state index contributed by atoms with van der Waals surface area (Å²) >= 11 is 6.01. The first kappa shape index (κ1) is 14.6. The minimum Gasteiger partial charge on any atom is -0.496 e. The average Bonchev–Trinajstić information content (AvgIpc) is 2.45. The van der Waals surface area contributed by atoms with Gasteiger partial charge in [0.1, 0.15) is 22.5 Å². The monoisotopic (exact) mass is 291 g/mol. The van der Waals surface area contributed by atoms with Gasteiger partial charge in [0.2, 0.25) is 0 Å². The second-order valence-corrected chi connectivity index (χ2v) is 4.79. The van der Waals surface area contributed by atoms with Crippen LogP contribution in [-0.2, 0) is 13.0 Å². The topological polar surface area (TPSA) is 47.0 Å². The average molecular weight is 292 g/mol. The van der Waals surface area contributed by atoms with Crippen LogP contribution in [0, 0.1) is 0 Å². The van der Waals surface area contributed by atoms with Crippen molar-refractivity contribution in [2.45, 2.75) is 26.3 Å². The summed E-state index contributed by atoms with van der Waals surface area (Å²) in [6.45, 7) is 2.72. The molecule has 4 nitrogen and oxygen atoms in total. The Labute approximate surface area is 124 Å². The quantitative estimate of drug-likeness (QED) is 0.824. The van der Waals surface area contributed by atoms with Crippen molar-refractivity contribution in [2.75, 3.05) is 12.4 Å². The van der Waals surface area contributed by atoms with Gasteiger partial charge in [-0.15, -0.1) is 0 Å². The van der Waals surface area contributed by atoms with Gasteiger partial charge in [-0.3, -0.25) is 0 Å². The van der Waals surface area contributed by atoms with E-state index in [1.54, 1.807) is 13.2 Å². The number of hydrogen-bond acceptors (Lipinski definition) is 4. The van der Waals surface area contributed by atoms with E-state index in [4.69, 9.17) is 16.3 Å². The van der Waals surface area contributed by atoms with Gasteiger partial charge in [-0.05, 0) is 12.5 Å². The van der Waals surface area contributed by atoms with Crippen molar-refractivity contribution in [1.29, 1.82) is 0 Å². The lowest BCUT2D eigenvalue weighted by atomic mass is 10.2. The third kappa shape index (κ3) is 3.84. The van der Waals surface area contributed by atoms with Crippen LogP contribution in [0.2, 0.25) is 5.15 Å². The first-order valence-corrected chi connectivity index (χ1v) is 7.00. The molecule has 0 unspecified atom stereocenters. The number of aryl methyl sites for hydroxylation is 1. The number of rotatable bonds is 6. The molecule has 2 rings (SSSR count). The van der Waals surface area contributed by atoms with E-state index in [0.29, 0.717) is 11.7 Å². The van der Waals surface area contributed by atoms with Crippen LogP contribution in [0.15, 0.2) is 30.3 Å². The zero-order valence-electron chi connectivity index (χ0n) is 11.7. The second kappa shape index (κ2) is 7.10. The van der Waals surface area contributed by atoms with E-state index in [1.165, 1.54) is 0 Å². The van der Waals surface area contributed by atoms with Gasteiger partial charge in [-0.2, -0.15) is 0 Å². The number of halogens is 1. The molecule has 20 heavy (non-hydrogen) atoms. The van der Waals surface area contributed by atoms with E-state index >= 15 is 0 Å². The maximum Gasteiger partial charge on any atom is 0.134 e. The van der Waals surface area contributed by atoms with Crippen molar-refractivity contribution in [1.82, 2.24) is 9.97 Å². The third-order valence-electron chi connectivity index (χ3n) is 2.87. The Kier molecular flexibility index (Phi) is 5.18. The van der Waals surface area contributed by atoms with Crippen LogP contribution >= 0.6 is 11.6 Å². The lowest BCUT2D eigenvalue weighted by Gasteiger charge is -2.10. The molecular formula is C15H18ClN3O. The van der Waals surface area contributed by atoms with Gasteiger partial charge in [0.25, 0.3) is 0 Å². The largest absolute Gasteiger partial charge is 0.496 e. The predicted octanol–water partition coefficient (Wildman–Crippen LogP) is 3.70. The van der Waals surface area contributed by atoms with Gasteiger partial charge in [0, 0.05) is 24.6 Å². The highest BCUT2D eigenvalue weighted by molar-refractivity contribution is 6.29. The molecule has 0 saturated heterocycles. The number of aromatic nitrogens is 2. The Morgan fingerprint density at radius 2 is 2.05 bits per heavy atom. The van der Waals surface area contributed by atoms with E-state index < -0.39 is 0 Å². The number of hydrogen-bond donors (Lipinski definition) is 1. The van der Waals surface area contributed by atoms with Crippen LogP contribution in [0.3, 0.4) is 0 Å². The Morgan fingerprint density at radius 1 is 1.25 bits per heavy atom. The third-order valence-corrected chi connectivity index (χ3v) is 3.06. The number of methoxy groups -OCH3 is 1. The summed E-state index contributed by atoms with van der Waals surface area (Å²) in [7, 11) is 1.67. The minimum absolute atomic E-state index is 0.464. The second-order valence-electron chi connectivity index (χ2n) is 4.41. The minimum atomic E-state index is 0.464. The van der Waals surface area contributed by atoms with Crippen molar-refractivity contribution < 1.29 is 4.74 Å². The summed E-state index contributed by atoms with van der Waals surface area (Å²) in [4.78, 5) is 8.65. The molecule has 0 saturated carbocycles. The van der Waals surface area contributed by atoms with Crippen molar-refractivity contribution >= 4 is 17.4 Å².